The fraction of sp³-hybridized carbons (Fsp3) is 0.125. The van der Waals surface area contributed by atoms with E-state index in [1.807, 2.05) is 0 Å². The predicted octanol–water partition coefficient (Wildman–Crippen LogP) is 2.49. The smallest absolute Gasteiger partial charge is 0.305 e. The zero-order chi connectivity index (χ0) is 10.3. The minimum absolute atomic E-state index is 0.320. The van der Waals surface area contributed by atoms with Crippen LogP contribution in [0, 0.1) is 5.82 Å². The van der Waals surface area contributed by atoms with Crippen LogP contribution in [0.4, 0.5) is 17.6 Å². The normalized spacial score (nSPS) is 12.3. The molecule has 2 aromatic heterocycles. The first-order chi connectivity index (χ1) is 6.50. The van der Waals surface area contributed by atoms with Crippen molar-refractivity contribution in [2.24, 2.45) is 0 Å². The third-order valence-corrected chi connectivity index (χ3v) is 1.81. The van der Waals surface area contributed by atoms with Crippen molar-refractivity contribution in [2.75, 3.05) is 0 Å². The number of imidazole rings is 1. The average Bonchev–Trinajstić information content (AvgIpc) is 2.50. The van der Waals surface area contributed by atoms with Gasteiger partial charge in [0.05, 0.1) is 5.56 Å². The Morgan fingerprint density at radius 3 is 2.57 bits per heavy atom. The van der Waals surface area contributed by atoms with Gasteiger partial charge in [0.25, 0.3) is 0 Å². The van der Waals surface area contributed by atoms with E-state index in [4.69, 9.17) is 0 Å². The number of pyridine rings is 1. The van der Waals surface area contributed by atoms with E-state index in [2.05, 4.69) is 4.98 Å². The molecule has 74 valence electrons. The zero-order valence-electron chi connectivity index (χ0n) is 6.72. The van der Waals surface area contributed by atoms with Crippen LogP contribution in [-0.2, 0) is 6.18 Å². The minimum Gasteiger partial charge on any atom is -0.305 e. The molecular weight excluding hydrogens is 200 g/mol. The third-order valence-electron chi connectivity index (χ3n) is 1.81. The Morgan fingerprint density at radius 2 is 1.93 bits per heavy atom. The molecule has 2 aromatic rings. The molecule has 0 atom stereocenters. The quantitative estimate of drug-likeness (QED) is 0.602. The van der Waals surface area contributed by atoms with Gasteiger partial charge in [-0.3, -0.25) is 0 Å². The van der Waals surface area contributed by atoms with Crippen molar-refractivity contribution in [1.82, 2.24) is 9.38 Å². The van der Waals surface area contributed by atoms with Gasteiger partial charge < -0.3 is 4.40 Å². The molecule has 14 heavy (non-hydrogen) atoms. The van der Waals surface area contributed by atoms with Gasteiger partial charge in [-0.25, -0.2) is 9.37 Å². The maximum absolute atomic E-state index is 13.2. The van der Waals surface area contributed by atoms with Crippen LogP contribution in [0.15, 0.2) is 24.7 Å². The van der Waals surface area contributed by atoms with E-state index in [1.54, 1.807) is 0 Å². The highest BCUT2D eigenvalue weighted by Gasteiger charge is 2.35. The number of fused-ring (bicyclic) bond motifs is 1. The van der Waals surface area contributed by atoms with Gasteiger partial charge in [-0.1, -0.05) is 0 Å². The van der Waals surface area contributed by atoms with Gasteiger partial charge in [-0.05, 0) is 6.07 Å². The molecule has 6 heteroatoms. The van der Waals surface area contributed by atoms with Crippen LogP contribution in [-0.4, -0.2) is 9.38 Å². The predicted molar refractivity (Wildman–Crippen MR) is 40.2 cm³/mol. The molecule has 0 aliphatic carbocycles. The van der Waals surface area contributed by atoms with Crippen LogP contribution >= 0.6 is 0 Å². The molecule has 0 aliphatic rings. The lowest BCUT2D eigenvalue weighted by Gasteiger charge is -2.07. The maximum atomic E-state index is 13.2. The second-order valence-corrected chi connectivity index (χ2v) is 2.70. The molecule has 2 rings (SSSR count). The second kappa shape index (κ2) is 2.70. The van der Waals surface area contributed by atoms with Crippen LogP contribution in [0.3, 0.4) is 0 Å². The molecule has 0 saturated carbocycles. The standard InChI is InChI=1S/C8H4F4N2/c9-6-5(8(10,11)12)1-3-14-4-2-13-7(6)14/h1-4H. The molecule has 0 saturated heterocycles. The number of hydrogen-bond acceptors (Lipinski definition) is 1. The summed E-state index contributed by atoms with van der Waals surface area (Å²) in [5.41, 5.74) is -1.61. The molecule has 0 aromatic carbocycles. The highest BCUT2D eigenvalue weighted by atomic mass is 19.4. The van der Waals surface area contributed by atoms with Gasteiger partial charge in [0, 0.05) is 18.6 Å². The maximum Gasteiger partial charge on any atom is 0.419 e. The van der Waals surface area contributed by atoms with E-state index in [0.29, 0.717) is 6.07 Å². The SMILES string of the molecule is Fc1c(C(F)(F)F)ccn2ccnc12. The number of alkyl halides is 3. The number of rotatable bonds is 0. The van der Waals surface area contributed by atoms with Crippen molar-refractivity contribution in [2.45, 2.75) is 6.18 Å². The second-order valence-electron chi connectivity index (χ2n) is 2.70. The molecule has 0 bridgehead atoms. The molecule has 0 unspecified atom stereocenters. The van der Waals surface area contributed by atoms with E-state index >= 15 is 0 Å². The molecule has 0 aliphatic heterocycles. The Balaban J connectivity index is 2.74. The first-order valence-corrected chi connectivity index (χ1v) is 3.68. The summed E-state index contributed by atoms with van der Waals surface area (Å²) in [7, 11) is 0. The molecule has 0 radical (unpaired) electrons. The highest BCUT2D eigenvalue weighted by Crippen LogP contribution is 2.32. The van der Waals surface area contributed by atoms with Crippen molar-refractivity contribution < 1.29 is 17.6 Å². The summed E-state index contributed by atoms with van der Waals surface area (Å²) in [5.74, 6) is -1.34. The van der Waals surface area contributed by atoms with Crippen molar-refractivity contribution >= 4 is 5.65 Å². The Bertz CT molecular complexity index is 472. The molecule has 2 heterocycles. The first-order valence-electron chi connectivity index (χ1n) is 3.68. The summed E-state index contributed by atoms with van der Waals surface area (Å²) in [6, 6.07) is 0.685. The van der Waals surface area contributed by atoms with Gasteiger partial charge in [0.1, 0.15) is 0 Å². The number of nitrogens with zero attached hydrogens (tertiary/aromatic N) is 2. The Labute approximate surface area is 75.8 Å². The Hall–Kier alpha value is -1.59. The zero-order valence-corrected chi connectivity index (χ0v) is 6.72. The van der Waals surface area contributed by atoms with Crippen LogP contribution in [0.2, 0.25) is 0 Å². The summed E-state index contributed by atoms with van der Waals surface area (Å²) in [6.45, 7) is 0. The summed E-state index contributed by atoms with van der Waals surface area (Å²) >= 11 is 0. The molecule has 0 amide bonds. The average molecular weight is 204 g/mol. The fourth-order valence-corrected chi connectivity index (χ4v) is 1.17. The van der Waals surface area contributed by atoms with Gasteiger partial charge in [0.2, 0.25) is 0 Å². The van der Waals surface area contributed by atoms with Crippen LogP contribution < -0.4 is 0 Å². The van der Waals surface area contributed by atoms with Crippen molar-refractivity contribution in [3.05, 3.63) is 36.0 Å². The fourth-order valence-electron chi connectivity index (χ4n) is 1.17. The van der Waals surface area contributed by atoms with Crippen molar-refractivity contribution in [3.8, 4) is 0 Å². The molecular formula is C8H4F4N2. The van der Waals surface area contributed by atoms with E-state index in [0.717, 1.165) is 6.20 Å². The first kappa shape index (κ1) is 8.98. The van der Waals surface area contributed by atoms with Crippen molar-refractivity contribution in [1.29, 1.82) is 0 Å². The van der Waals surface area contributed by atoms with E-state index in [9.17, 15) is 17.6 Å². The van der Waals surface area contributed by atoms with Gasteiger partial charge in [-0.15, -0.1) is 0 Å². The summed E-state index contributed by atoms with van der Waals surface area (Å²) in [4.78, 5) is 3.48. The van der Waals surface area contributed by atoms with E-state index in [-0.39, 0.29) is 5.65 Å². The largest absolute Gasteiger partial charge is 0.419 e. The van der Waals surface area contributed by atoms with Gasteiger partial charge >= 0.3 is 6.18 Å². The summed E-state index contributed by atoms with van der Waals surface area (Å²) in [5, 5.41) is 0. The molecule has 0 N–H and O–H groups in total. The molecule has 0 fully saturated rings. The lowest BCUT2D eigenvalue weighted by atomic mass is 10.2. The van der Waals surface area contributed by atoms with Crippen LogP contribution in [0.25, 0.3) is 5.65 Å². The monoisotopic (exact) mass is 204 g/mol. The third kappa shape index (κ3) is 1.23. The van der Waals surface area contributed by atoms with Gasteiger partial charge in [0.15, 0.2) is 11.5 Å². The highest BCUT2D eigenvalue weighted by molar-refractivity contribution is 5.44. The Kier molecular flexibility index (Phi) is 1.73. The van der Waals surface area contributed by atoms with Crippen LogP contribution in [0.5, 0.6) is 0 Å². The van der Waals surface area contributed by atoms with Crippen LogP contribution in [0.1, 0.15) is 5.56 Å². The summed E-state index contributed by atoms with van der Waals surface area (Å²) < 4.78 is 51.0. The Morgan fingerprint density at radius 1 is 1.21 bits per heavy atom. The van der Waals surface area contributed by atoms with E-state index < -0.39 is 17.6 Å². The molecule has 2 nitrogen and oxygen atoms in total. The number of aromatic nitrogens is 2. The lowest BCUT2D eigenvalue weighted by molar-refractivity contribution is -0.139. The van der Waals surface area contributed by atoms with Gasteiger partial charge in [-0.2, -0.15) is 13.2 Å². The number of hydrogen-bond donors (Lipinski definition) is 0. The number of halogens is 4. The van der Waals surface area contributed by atoms with Crippen molar-refractivity contribution in [3.63, 3.8) is 0 Å². The summed E-state index contributed by atoms with van der Waals surface area (Å²) in [6.07, 6.45) is -0.955. The minimum atomic E-state index is -4.68. The molecule has 0 spiro atoms. The topological polar surface area (TPSA) is 17.3 Å². The lowest BCUT2D eigenvalue weighted by Crippen LogP contribution is -2.09. The van der Waals surface area contributed by atoms with E-state index in [1.165, 1.54) is 16.8 Å².